The van der Waals surface area contributed by atoms with E-state index < -0.39 is 5.79 Å². The molecule has 0 aromatic heterocycles. The molecule has 1 aliphatic rings. The smallest absolute Gasteiger partial charge is 0.245 e. The highest BCUT2D eigenvalue weighted by Crippen LogP contribution is 2.22. The highest BCUT2D eigenvalue weighted by Gasteiger charge is 2.33. The average Bonchev–Trinajstić information content (AvgIpc) is 3.08. The third kappa shape index (κ3) is 5.79. The van der Waals surface area contributed by atoms with E-state index in [1.165, 1.54) is 0 Å². The zero-order valence-corrected chi connectivity index (χ0v) is 15.7. The summed E-state index contributed by atoms with van der Waals surface area (Å²) < 4.78 is 16.5. The van der Waals surface area contributed by atoms with Gasteiger partial charge in [0.2, 0.25) is 5.91 Å². The normalized spacial score (nSPS) is 15.8. The molecule has 0 atom stereocenters. The van der Waals surface area contributed by atoms with E-state index >= 15 is 0 Å². The fourth-order valence-electron chi connectivity index (χ4n) is 2.60. The predicted molar refractivity (Wildman–Crippen MR) is 103 cm³/mol. The number of benzene rings is 2. The Bertz CT molecular complexity index is 802. The lowest BCUT2D eigenvalue weighted by molar-refractivity contribution is -0.159. The minimum absolute atomic E-state index is 0.0964. The fourth-order valence-corrected chi connectivity index (χ4v) is 2.79. The van der Waals surface area contributed by atoms with E-state index in [9.17, 15) is 4.79 Å². The Morgan fingerprint density at radius 2 is 1.93 bits per heavy atom. The highest BCUT2D eigenvalue weighted by molar-refractivity contribution is 6.31. The van der Waals surface area contributed by atoms with E-state index in [0.717, 1.165) is 16.9 Å². The van der Waals surface area contributed by atoms with Gasteiger partial charge in [-0.2, -0.15) is 5.10 Å². The standard InChI is InChI=1S/C20H21ClN2O4/c1-20(26-10-11-27-20)12-19(24)23-22-13-15-6-8-17(9-7-15)25-14-16-4-2-3-5-18(16)21/h2-9,13H,10-12,14H2,1H3,(H,23,24)/b22-13+. The maximum atomic E-state index is 11.9. The summed E-state index contributed by atoms with van der Waals surface area (Å²) in [5.74, 6) is -0.407. The van der Waals surface area contributed by atoms with Crippen molar-refractivity contribution in [1.82, 2.24) is 5.43 Å². The molecule has 7 heteroatoms. The van der Waals surface area contributed by atoms with Gasteiger partial charge in [-0.25, -0.2) is 5.43 Å². The monoisotopic (exact) mass is 388 g/mol. The van der Waals surface area contributed by atoms with Crippen molar-refractivity contribution in [3.8, 4) is 5.75 Å². The molecule has 142 valence electrons. The Morgan fingerprint density at radius 3 is 2.63 bits per heavy atom. The topological polar surface area (TPSA) is 69.2 Å². The number of hydrogen-bond donors (Lipinski definition) is 1. The third-order valence-corrected chi connectivity index (χ3v) is 4.38. The second kappa shape index (κ2) is 8.99. The van der Waals surface area contributed by atoms with Crippen molar-refractivity contribution in [2.45, 2.75) is 25.7 Å². The van der Waals surface area contributed by atoms with Crippen LogP contribution in [0.3, 0.4) is 0 Å². The van der Waals surface area contributed by atoms with Crippen molar-refractivity contribution >= 4 is 23.7 Å². The van der Waals surface area contributed by atoms with Crippen LogP contribution in [0.25, 0.3) is 0 Å². The Morgan fingerprint density at radius 1 is 1.22 bits per heavy atom. The van der Waals surface area contributed by atoms with Crippen LogP contribution in [0.4, 0.5) is 0 Å². The molecule has 1 amide bonds. The average molecular weight is 389 g/mol. The van der Waals surface area contributed by atoms with E-state index in [1.807, 2.05) is 48.5 Å². The minimum atomic E-state index is -0.861. The summed E-state index contributed by atoms with van der Waals surface area (Å²) in [5.41, 5.74) is 4.24. The molecular formula is C20H21ClN2O4. The van der Waals surface area contributed by atoms with Gasteiger partial charge in [0.05, 0.1) is 25.8 Å². The SMILES string of the molecule is CC1(CC(=O)N/N=C/c2ccc(OCc3ccccc3Cl)cc2)OCCO1. The second-order valence-corrected chi connectivity index (χ2v) is 6.66. The van der Waals surface area contributed by atoms with Crippen molar-refractivity contribution < 1.29 is 19.0 Å². The quantitative estimate of drug-likeness (QED) is 0.582. The first-order chi connectivity index (χ1) is 13.0. The van der Waals surface area contributed by atoms with Gasteiger partial charge in [-0.05, 0) is 42.8 Å². The number of halogens is 1. The molecule has 0 bridgehead atoms. The molecule has 1 saturated heterocycles. The molecule has 6 nitrogen and oxygen atoms in total. The first-order valence-electron chi connectivity index (χ1n) is 8.60. The van der Waals surface area contributed by atoms with Gasteiger partial charge in [-0.1, -0.05) is 29.8 Å². The fraction of sp³-hybridized carbons (Fsp3) is 0.300. The Kier molecular flexibility index (Phi) is 6.45. The molecule has 0 radical (unpaired) electrons. The zero-order chi connectivity index (χ0) is 19.1. The molecule has 3 rings (SSSR count). The van der Waals surface area contributed by atoms with Crippen LogP contribution in [-0.4, -0.2) is 31.1 Å². The number of carbonyl (C=O) groups excluding carboxylic acids is 1. The number of hydrogen-bond acceptors (Lipinski definition) is 5. The molecule has 27 heavy (non-hydrogen) atoms. The van der Waals surface area contributed by atoms with E-state index in [2.05, 4.69) is 10.5 Å². The third-order valence-electron chi connectivity index (χ3n) is 4.01. The molecule has 1 fully saturated rings. The maximum Gasteiger partial charge on any atom is 0.245 e. The van der Waals surface area contributed by atoms with Crippen molar-refractivity contribution in [3.05, 3.63) is 64.7 Å². The van der Waals surface area contributed by atoms with Crippen LogP contribution in [0.15, 0.2) is 53.6 Å². The highest BCUT2D eigenvalue weighted by atomic mass is 35.5. The molecule has 1 N–H and O–H groups in total. The lowest BCUT2D eigenvalue weighted by Gasteiger charge is -2.20. The lowest BCUT2D eigenvalue weighted by Crippen LogP contribution is -2.33. The molecule has 2 aromatic carbocycles. The van der Waals surface area contributed by atoms with Crippen molar-refractivity contribution in [2.24, 2.45) is 5.10 Å². The van der Waals surface area contributed by atoms with Crippen LogP contribution in [0.2, 0.25) is 5.02 Å². The van der Waals surface area contributed by atoms with Crippen LogP contribution < -0.4 is 10.2 Å². The number of carbonyl (C=O) groups is 1. The molecule has 0 aliphatic carbocycles. The number of ether oxygens (including phenoxy) is 3. The van der Waals surface area contributed by atoms with Gasteiger partial charge < -0.3 is 14.2 Å². The summed E-state index contributed by atoms with van der Waals surface area (Å²) in [4.78, 5) is 11.9. The minimum Gasteiger partial charge on any atom is -0.489 e. The van der Waals surface area contributed by atoms with E-state index in [-0.39, 0.29) is 12.3 Å². The van der Waals surface area contributed by atoms with Gasteiger partial charge in [0.15, 0.2) is 5.79 Å². The van der Waals surface area contributed by atoms with Crippen LogP contribution in [0.5, 0.6) is 5.75 Å². The van der Waals surface area contributed by atoms with E-state index in [4.69, 9.17) is 25.8 Å². The largest absolute Gasteiger partial charge is 0.489 e. The molecular weight excluding hydrogens is 368 g/mol. The number of amides is 1. The molecule has 1 aliphatic heterocycles. The Balaban J connectivity index is 1.46. The van der Waals surface area contributed by atoms with Crippen LogP contribution >= 0.6 is 11.6 Å². The summed E-state index contributed by atoms with van der Waals surface area (Å²) >= 11 is 6.11. The van der Waals surface area contributed by atoms with Gasteiger partial charge in [-0.3, -0.25) is 4.79 Å². The molecule has 0 saturated carbocycles. The summed E-state index contributed by atoms with van der Waals surface area (Å²) in [6, 6.07) is 14.9. The van der Waals surface area contributed by atoms with Crippen LogP contribution in [0.1, 0.15) is 24.5 Å². The van der Waals surface area contributed by atoms with Gasteiger partial charge in [0.25, 0.3) is 0 Å². The second-order valence-electron chi connectivity index (χ2n) is 6.25. The van der Waals surface area contributed by atoms with Crippen LogP contribution in [-0.2, 0) is 20.9 Å². The maximum absolute atomic E-state index is 11.9. The first-order valence-corrected chi connectivity index (χ1v) is 8.98. The lowest BCUT2D eigenvalue weighted by atomic mass is 10.2. The zero-order valence-electron chi connectivity index (χ0n) is 15.0. The van der Waals surface area contributed by atoms with E-state index in [0.29, 0.717) is 24.8 Å². The number of nitrogens with one attached hydrogen (secondary N) is 1. The van der Waals surface area contributed by atoms with Gasteiger partial charge >= 0.3 is 0 Å². The van der Waals surface area contributed by atoms with Crippen molar-refractivity contribution in [2.75, 3.05) is 13.2 Å². The van der Waals surface area contributed by atoms with Gasteiger partial charge in [0.1, 0.15) is 12.4 Å². The van der Waals surface area contributed by atoms with Crippen LogP contribution in [0, 0.1) is 0 Å². The predicted octanol–water partition coefficient (Wildman–Crippen LogP) is 3.52. The Hall–Kier alpha value is -2.41. The molecule has 0 spiro atoms. The molecule has 1 heterocycles. The summed E-state index contributed by atoms with van der Waals surface area (Å²) in [6.45, 7) is 3.13. The summed E-state index contributed by atoms with van der Waals surface area (Å²) in [7, 11) is 0. The molecule has 2 aromatic rings. The summed E-state index contributed by atoms with van der Waals surface area (Å²) in [5, 5.41) is 4.64. The van der Waals surface area contributed by atoms with E-state index in [1.54, 1.807) is 13.1 Å². The Labute approximate surface area is 163 Å². The number of rotatable bonds is 7. The van der Waals surface area contributed by atoms with Crippen molar-refractivity contribution in [3.63, 3.8) is 0 Å². The van der Waals surface area contributed by atoms with Gasteiger partial charge in [-0.15, -0.1) is 0 Å². The molecule has 0 unspecified atom stereocenters. The number of nitrogens with zero attached hydrogens (tertiary/aromatic N) is 1. The van der Waals surface area contributed by atoms with Gasteiger partial charge in [0, 0.05) is 10.6 Å². The van der Waals surface area contributed by atoms with Crippen molar-refractivity contribution in [1.29, 1.82) is 0 Å². The summed E-state index contributed by atoms with van der Waals surface area (Å²) in [6.07, 6.45) is 1.66. The first kappa shape index (κ1) is 19.4. The number of hydrazone groups is 1.